The molecule has 1 fully saturated rings. The number of aromatic nitrogens is 1. The first kappa shape index (κ1) is 21.8. The molecule has 1 aromatic carbocycles. The van der Waals surface area contributed by atoms with Crippen LogP contribution in [0, 0.1) is 11.8 Å². The molecule has 0 radical (unpaired) electrons. The summed E-state index contributed by atoms with van der Waals surface area (Å²) in [6.07, 6.45) is 6.45. The van der Waals surface area contributed by atoms with Crippen molar-refractivity contribution in [1.82, 2.24) is 14.8 Å². The van der Waals surface area contributed by atoms with E-state index in [4.69, 9.17) is 0 Å². The average molecular weight is 406 g/mol. The molecular weight excluding hydrogens is 374 g/mol. The molecule has 1 saturated heterocycles. The standard InChI is InChI=1S/C25H31N3O2/c1-4-12-27-13-14-28(24(29)15-19(2)3)18-22(25(27)30)16-20-8-5-6-10-23(20)21-9-7-11-26-17-21/h4-11,17,19,22H,1,12-16,18H2,2-3H3. The Bertz CT molecular complexity index is 879. The van der Waals surface area contributed by atoms with Crippen molar-refractivity contribution in [3.63, 3.8) is 0 Å². The molecule has 158 valence electrons. The number of nitrogens with zero attached hydrogens (tertiary/aromatic N) is 3. The van der Waals surface area contributed by atoms with Gasteiger partial charge in [-0.25, -0.2) is 0 Å². The van der Waals surface area contributed by atoms with Gasteiger partial charge < -0.3 is 9.80 Å². The maximum Gasteiger partial charge on any atom is 0.228 e. The van der Waals surface area contributed by atoms with Crippen LogP contribution in [-0.4, -0.2) is 52.8 Å². The Morgan fingerprint density at radius 3 is 2.73 bits per heavy atom. The summed E-state index contributed by atoms with van der Waals surface area (Å²) in [4.78, 5) is 34.0. The fraction of sp³-hybridized carbons (Fsp3) is 0.400. The predicted molar refractivity (Wildman–Crippen MR) is 120 cm³/mol. The molecule has 2 aromatic rings. The van der Waals surface area contributed by atoms with Gasteiger partial charge in [0.25, 0.3) is 0 Å². The molecule has 0 N–H and O–H groups in total. The number of amides is 2. The normalized spacial score (nSPS) is 17.2. The van der Waals surface area contributed by atoms with Crippen LogP contribution in [0.4, 0.5) is 0 Å². The van der Waals surface area contributed by atoms with E-state index in [0.717, 1.165) is 16.7 Å². The van der Waals surface area contributed by atoms with Crippen molar-refractivity contribution in [2.45, 2.75) is 26.7 Å². The average Bonchev–Trinajstić information content (AvgIpc) is 2.89. The first-order valence-electron chi connectivity index (χ1n) is 10.6. The van der Waals surface area contributed by atoms with E-state index in [2.05, 4.69) is 23.7 Å². The van der Waals surface area contributed by atoms with Crippen molar-refractivity contribution < 1.29 is 9.59 Å². The third kappa shape index (κ3) is 5.35. The molecule has 2 heterocycles. The Hall–Kier alpha value is -2.95. The molecular formula is C25H31N3O2. The van der Waals surface area contributed by atoms with Crippen LogP contribution in [0.25, 0.3) is 11.1 Å². The highest BCUT2D eigenvalue weighted by atomic mass is 16.2. The third-order valence-corrected chi connectivity index (χ3v) is 5.48. The minimum absolute atomic E-state index is 0.0933. The molecule has 1 aliphatic rings. The highest BCUT2D eigenvalue weighted by Gasteiger charge is 2.32. The van der Waals surface area contributed by atoms with Crippen LogP contribution in [0.2, 0.25) is 0 Å². The van der Waals surface area contributed by atoms with E-state index in [0.29, 0.717) is 44.9 Å². The van der Waals surface area contributed by atoms with Crippen molar-refractivity contribution in [3.8, 4) is 11.1 Å². The second kappa shape index (κ2) is 10.2. The summed E-state index contributed by atoms with van der Waals surface area (Å²) < 4.78 is 0. The molecule has 0 spiro atoms. The SMILES string of the molecule is C=CCN1CCN(C(=O)CC(C)C)CC(Cc2ccccc2-c2cccnc2)C1=O. The van der Waals surface area contributed by atoms with Crippen LogP contribution in [0.15, 0.2) is 61.4 Å². The summed E-state index contributed by atoms with van der Waals surface area (Å²) in [6.45, 7) is 9.98. The molecule has 5 heteroatoms. The number of pyridine rings is 1. The fourth-order valence-corrected chi connectivity index (χ4v) is 4.01. The van der Waals surface area contributed by atoms with Crippen LogP contribution in [-0.2, 0) is 16.0 Å². The van der Waals surface area contributed by atoms with Crippen molar-refractivity contribution in [2.24, 2.45) is 11.8 Å². The summed E-state index contributed by atoms with van der Waals surface area (Å²) in [5.74, 6) is 0.242. The lowest BCUT2D eigenvalue weighted by Gasteiger charge is -2.25. The van der Waals surface area contributed by atoms with Crippen molar-refractivity contribution in [3.05, 3.63) is 67.0 Å². The number of hydrogen-bond acceptors (Lipinski definition) is 3. The predicted octanol–water partition coefficient (Wildman–Crippen LogP) is 3.81. The van der Waals surface area contributed by atoms with Gasteiger partial charge in [-0.1, -0.05) is 50.3 Å². The van der Waals surface area contributed by atoms with Gasteiger partial charge in [-0.15, -0.1) is 6.58 Å². The quantitative estimate of drug-likeness (QED) is 0.658. The van der Waals surface area contributed by atoms with E-state index in [1.165, 1.54) is 0 Å². The highest BCUT2D eigenvalue weighted by molar-refractivity contribution is 5.83. The molecule has 1 unspecified atom stereocenters. The lowest BCUT2D eigenvalue weighted by Crippen LogP contribution is -2.38. The van der Waals surface area contributed by atoms with Crippen molar-refractivity contribution in [2.75, 3.05) is 26.2 Å². The van der Waals surface area contributed by atoms with Crippen LogP contribution >= 0.6 is 0 Å². The Labute approximate surface area is 179 Å². The monoisotopic (exact) mass is 405 g/mol. The van der Waals surface area contributed by atoms with Crippen LogP contribution in [0.5, 0.6) is 0 Å². The van der Waals surface area contributed by atoms with Crippen LogP contribution in [0.3, 0.4) is 0 Å². The lowest BCUT2D eigenvalue weighted by atomic mass is 9.91. The summed E-state index contributed by atoms with van der Waals surface area (Å²) in [5.41, 5.74) is 3.21. The molecule has 1 aliphatic heterocycles. The minimum atomic E-state index is -0.276. The van der Waals surface area contributed by atoms with Gasteiger partial charge in [0.1, 0.15) is 0 Å². The zero-order chi connectivity index (χ0) is 21.5. The topological polar surface area (TPSA) is 53.5 Å². The molecule has 1 atom stereocenters. The van der Waals surface area contributed by atoms with Gasteiger partial charge in [0.15, 0.2) is 0 Å². The van der Waals surface area contributed by atoms with Crippen LogP contribution < -0.4 is 0 Å². The maximum atomic E-state index is 13.3. The summed E-state index contributed by atoms with van der Waals surface area (Å²) in [5, 5.41) is 0. The zero-order valence-electron chi connectivity index (χ0n) is 18.0. The Kier molecular flexibility index (Phi) is 7.39. The third-order valence-electron chi connectivity index (χ3n) is 5.48. The van der Waals surface area contributed by atoms with Crippen LogP contribution in [0.1, 0.15) is 25.8 Å². The van der Waals surface area contributed by atoms with E-state index in [1.54, 1.807) is 12.3 Å². The molecule has 30 heavy (non-hydrogen) atoms. The van der Waals surface area contributed by atoms with Gasteiger partial charge in [0.2, 0.25) is 11.8 Å². The first-order chi connectivity index (χ1) is 14.5. The van der Waals surface area contributed by atoms with Crippen molar-refractivity contribution >= 4 is 11.8 Å². The molecule has 5 nitrogen and oxygen atoms in total. The van der Waals surface area contributed by atoms with Crippen molar-refractivity contribution in [1.29, 1.82) is 0 Å². The Morgan fingerprint density at radius 1 is 1.23 bits per heavy atom. The zero-order valence-corrected chi connectivity index (χ0v) is 18.0. The lowest BCUT2D eigenvalue weighted by molar-refractivity contribution is -0.134. The molecule has 2 amide bonds. The van der Waals surface area contributed by atoms with Gasteiger partial charge in [0, 0.05) is 50.6 Å². The van der Waals surface area contributed by atoms with Gasteiger partial charge in [0.05, 0.1) is 5.92 Å². The molecule has 3 rings (SSSR count). The maximum absolute atomic E-state index is 13.3. The second-order valence-corrected chi connectivity index (χ2v) is 8.31. The molecule has 0 aliphatic carbocycles. The fourth-order valence-electron chi connectivity index (χ4n) is 4.01. The van der Waals surface area contributed by atoms with Gasteiger partial charge >= 0.3 is 0 Å². The number of rotatable bonds is 7. The largest absolute Gasteiger partial charge is 0.340 e. The van der Waals surface area contributed by atoms with E-state index < -0.39 is 0 Å². The minimum Gasteiger partial charge on any atom is -0.340 e. The Balaban J connectivity index is 1.89. The molecule has 0 bridgehead atoms. The number of carbonyl (C=O) groups excluding carboxylic acids is 2. The Morgan fingerprint density at radius 2 is 2.03 bits per heavy atom. The summed E-state index contributed by atoms with van der Waals surface area (Å²) in [6, 6.07) is 12.1. The second-order valence-electron chi connectivity index (χ2n) is 8.31. The van der Waals surface area contributed by atoms with Gasteiger partial charge in [-0.05, 0) is 29.5 Å². The van der Waals surface area contributed by atoms with Gasteiger partial charge in [-0.2, -0.15) is 0 Å². The van der Waals surface area contributed by atoms with E-state index in [9.17, 15) is 9.59 Å². The highest BCUT2D eigenvalue weighted by Crippen LogP contribution is 2.27. The molecule has 0 saturated carbocycles. The van der Waals surface area contributed by atoms with E-state index in [1.807, 2.05) is 54.1 Å². The first-order valence-corrected chi connectivity index (χ1v) is 10.6. The van der Waals surface area contributed by atoms with E-state index in [-0.39, 0.29) is 17.7 Å². The summed E-state index contributed by atoms with van der Waals surface area (Å²) >= 11 is 0. The number of hydrogen-bond donors (Lipinski definition) is 0. The number of carbonyl (C=O) groups is 2. The number of benzene rings is 1. The van der Waals surface area contributed by atoms with Gasteiger partial charge in [-0.3, -0.25) is 14.6 Å². The smallest absolute Gasteiger partial charge is 0.228 e. The summed E-state index contributed by atoms with van der Waals surface area (Å²) in [7, 11) is 0. The molecule has 1 aromatic heterocycles. The van der Waals surface area contributed by atoms with E-state index >= 15 is 0 Å².